The number of carbonyl (C=O) groups excluding carboxylic acids is 1. The summed E-state index contributed by atoms with van der Waals surface area (Å²) >= 11 is 0. The normalized spacial score (nSPS) is 15.1. The van der Waals surface area contributed by atoms with Gasteiger partial charge in [0, 0.05) is 11.1 Å². The van der Waals surface area contributed by atoms with E-state index in [0.29, 0.717) is 22.6 Å². The van der Waals surface area contributed by atoms with Gasteiger partial charge in [-0.1, -0.05) is 97.1 Å². The van der Waals surface area contributed by atoms with Gasteiger partial charge in [0.2, 0.25) is 0 Å². The summed E-state index contributed by atoms with van der Waals surface area (Å²) in [6, 6.07) is 34.4. The number of rotatable bonds is 7. The van der Waals surface area contributed by atoms with Gasteiger partial charge >= 0.3 is 5.97 Å². The van der Waals surface area contributed by atoms with Crippen LogP contribution in [0.3, 0.4) is 0 Å². The molecule has 5 rings (SSSR count). The van der Waals surface area contributed by atoms with Crippen molar-refractivity contribution in [3.05, 3.63) is 138 Å². The van der Waals surface area contributed by atoms with Gasteiger partial charge in [0.25, 0.3) is 10.0 Å². The molecule has 0 spiro atoms. The second kappa shape index (κ2) is 10.2. The van der Waals surface area contributed by atoms with Crippen LogP contribution in [0.4, 0.5) is 0 Å². The minimum Gasteiger partial charge on any atom is -0.426 e. The van der Waals surface area contributed by atoms with Crippen molar-refractivity contribution in [3.63, 3.8) is 0 Å². The van der Waals surface area contributed by atoms with Gasteiger partial charge in [0.05, 0.1) is 23.9 Å². The quantitative estimate of drug-likeness (QED) is 0.263. The molecule has 1 heterocycles. The van der Waals surface area contributed by atoms with E-state index in [-0.39, 0.29) is 12.2 Å². The molecule has 1 atom stereocenters. The van der Waals surface area contributed by atoms with Gasteiger partial charge in [-0.15, -0.1) is 0 Å². The monoisotopic (exact) mass is 495 g/mol. The summed E-state index contributed by atoms with van der Waals surface area (Å²) in [6.07, 6.45) is -0.199. The van der Waals surface area contributed by atoms with E-state index in [2.05, 4.69) is 11.2 Å². The third kappa shape index (κ3) is 5.06. The molecule has 1 unspecified atom stereocenters. The molecule has 0 amide bonds. The summed E-state index contributed by atoms with van der Waals surface area (Å²) in [5.41, 5.74) is 3.43. The van der Waals surface area contributed by atoms with Gasteiger partial charge in [-0.05, 0) is 29.3 Å². The predicted molar refractivity (Wildman–Crippen MR) is 138 cm³/mol. The number of benzene rings is 4. The molecule has 0 saturated heterocycles. The van der Waals surface area contributed by atoms with Crippen molar-refractivity contribution >= 4 is 21.7 Å². The van der Waals surface area contributed by atoms with Crippen LogP contribution in [-0.2, 0) is 20.6 Å². The highest BCUT2D eigenvalue weighted by atomic mass is 32.2. The second-order valence-corrected chi connectivity index (χ2v) is 10.2. The summed E-state index contributed by atoms with van der Waals surface area (Å²) < 4.78 is 34.1. The van der Waals surface area contributed by atoms with E-state index in [1.54, 1.807) is 48.5 Å². The van der Waals surface area contributed by atoms with Gasteiger partial charge in [0.15, 0.2) is 0 Å². The summed E-state index contributed by atoms with van der Waals surface area (Å²) in [6.45, 7) is 0. The van der Waals surface area contributed by atoms with Crippen LogP contribution in [0, 0.1) is 6.07 Å². The van der Waals surface area contributed by atoms with Gasteiger partial charge in [-0.2, -0.15) is 9.52 Å². The molecule has 4 aromatic rings. The highest BCUT2D eigenvalue weighted by molar-refractivity contribution is 7.88. The fraction of sp³-hybridized carbons (Fsp3) is 0.103. The summed E-state index contributed by atoms with van der Waals surface area (Å²) in [5, 5.41) is 4.65. The Morgan fingerprint density at radius 1 is 0.861 bits per heavy atom. The van der Waals surface area contributed by atoms with Crippen LogP contribution in [-0.4, -0.2) is 24.5 Å². The van der Waals surface area contributed by atoms with Crippen molar-refractivity contribution in [1.29, 1.82) is 0 Å². The Morgan fingerprint density at radius 3 is 2.22 bits per heavy atom. The van der Waals surface area contributed by atoms with E-state index in [4.69, 9.17) is 4.74 Å². The Labute approximate surface area is 210 Å². The van der Waals surface area contributed by atoms with Crippen molar-refractivity contribution < 1.29 is 17.9 Å². The zero-order chi connectivity index (χ0) is 25.0. The topological polar surface area (TPSA) is 76.0 Å². The Hall–Kier alpha value is -4.23. The number of hydrogen-bond acceptors (Lipinski definition) is 5. The number of esters is 1. The minimum atomic E-state index is -3.95. The molecule has 4 aromatic carbocycles. The number of nitrogens with zero attached hydrogens (tertiary/aromatic N) is 2. The van der Waals surface area contributed by atoms with Crippen molar-refractivity contribution in [2.24, 2.45) is 5.10 Å². The largest absolute Gasteiger partial charge is 0.426 e. The van der Waals surface area contributed by atoms with E-state index < -0.39 is 22.0 Å². The molecule has 6 nitrogen and oxygen atoms in total. The number of fused-ring (bicyclic) bond motifs is 1. The lowest BCUT2D eigenvalue weighted by atomic mass is 9.91. The zero-order valence-corrected chi connectivity index (χ0v) is 20.1. The lowest BCUT2D eigenvalue weighted by molar-refractivity contribution is -0.135. The number of hydrogen-bond donors (Lipinski definition) is 0. The second-order valence-electron chi connectivity index (χ2n) is 8.35. The molecule has 36 heavy (non-hydrogen) atoms. The number of carbonyl (C=O) groups is 1. The number of sulfonamides is 1. The van der Waals surface area contributed by atoms with E-state index >= 15 is 0 Å². The SMILES string of the molecule is O=C(CC1c2ccccc2C(c2ccccc2)=NN1S(=O)(=O)Cc1ccccc1)Oc1cc[c]cc1. The Bertz CT molecular complexity index is 1490. The highest BCUT2D eigenvalue weighted by Gasteiger charge is 2.38. The standard InChI is InChI=1S/C29H23N2O4S/c32-28(35-24-16-8-3-9-17-24)20-27-25-18-10-11-19-26(25)29(23-14-6-2-7-15-23)30-31(27)36(33,34)21-22-12-4-1-5-13-22/h1-2,4-19,27H,20-21H2. The maximum Gasteiger partial charge on any atom is 0.313 e. The minimum absolute atomic E-state index is 0.199. The maximum absolute atomic E-state index is 13.8. The Balaban J connectivity index is 1.57. The summed E-state index contributed by atoms with van der Waals surface area (Å²) in [4.78, 5) is 13.0. The Kier molecular flexibility index (Phi) is 6.64. The smallest absolute Gasteiger partial charge is 0.313 e. The lowest BCUT2D eigenvalue weighted by Gasteiger charge is -2.34. The van der Waals surface area contributed by atoms with Crippen LogP contribution in [0.1, 0.15) is 34.7 Å². The fourth-order valence-corrected chi connectivity index (χ4v) is 5.75. The first-order chi connectivity index (χ1) is 17.5. The molecule has 7 heteroatoms. The van der Waals surface area contributed by atoms with Gasteiger partial charge < -0.3 is 4.74 Å². The first-order valence-corrected chi connectivity index (χ1v) is 13.1. The first-order valence-electron chi connectivity index (χ1n) is 11.5. The molecule has 0 N–H and O–H groups in total. The third-order valence-corrected chi connectivity index (χ3v) is 7.45. The van der Waals surface area contributed by atoms with Crippen molar-refractivity contribution in [1.82, 2.24) is 4.41 Å². The van der Waals surface area contributed by atoms with Gasteiger partial charge in [-0.3, -0.25) is 4.79 Å². The summed E-state index contributed by atoms with van der Waals surface area (Å²) in [7, 11) is -3.95. The highest BCUT2D eigenvalue weighted by Crippen LogP contribution is 2.37. The number of hydrazone groups is 1. The van der Waals surface area contributed by atoms with E-state index in [9.17, 15) is 13.2 Å². The lowest BCUT2D eigenvalue weighted by Crippen LogP contribution is -2.38. The first kappa shape index (κ1) is 23.5. The summed E-state index contributed by atoms with van der Waals surface area (Å²) in [5.74, 6) is -0.434. The van der Waals surface area contributed by atoms with Gasteiger partial charge in [0.1, 0.15) is 5.75 Å². The molecule has 0 aromatic heterocycles. The number of ether oxygens (including phenoxy) is 1. The molecular weight excluding hydrogens is 472 g/mol. The van der Waals surface area contributed by atoms with Crippen LogP contribution < -0.4 is 4.74 Å². The molecular formula is C29H23N2O4S. The molecule has 1 aliphatic heterocycles. The molecule has 0 aliphatic carbocycles. The molecule has 0 saturated carbocycles. The maximum atomic E-state index is 13.8. The van der Waals surface area contributed by atoms with Gasteiger partial charge in [-0.25, -0.2) is 8.42 Å². The third-order valence-electron chi connectivity index (χ3n) is 5.84. The predicted octanol–water partition coefficient (Wildman–Crippen LogP) is 5.12. The molecule has 0 bridgehead atoms. The van der Waals surface area contributed by atoms with E-state index in [1.165, 1.54) is 0 Å². The Morgan fingerprint density at radius 2 is 1.50 bits per heavy atom. The fourth-order valence-electron chi connectivity index (χ4n) is 4.22. The molecule has 179 valence electrons. The van der Waals surface area contributed by atoms with Crippen LogP contribution in [0.25, 0.3) is 0 Å². The average molecular weight is 496 g/mol. The van der Waals surface area contributed by atoms with Crippen molar-refractivity contribution in [2.45, 2.75) is 18.2 Å². The zero-order valence-electron chi connectivity index (χ0n) is 19.3. The van der Waals surface area contributed by atoms with Crippen molar-refractivity contribution in [3.8, 4) is 5.75 Å². The average Bonchev–Trinajstić information content (AvgIpc) is 2.90. The molecule has 1 aliphatic rings. The molecule has 1 radical (unpaired) electrons. The van der Waals surface area contributed by atoms with Crippen molar-refractivity contribution in [2.75, 3.05) is 0 Å². The van der Waals surface area contributed by atoms with E-state index in [0.717, 1.165) is 15.5 Å². The van der Waals surface area contributed by atoms with Crippen LogP contribution in [0.15, 0.2) is 114 Å². The van der Waals surface area contributed by atoms with Crippen LogP contribution in [0.2, 0.25) is 0 Å². The van der Waals surface area contributed by atoms with Crippen LogP contribution >= 0.6 is 0 Å². The molecule has 0 fully saturated rings. The van der Waals surface area contributed by atoms with E-state index in [1.807, 2.05) is 60.7 Å². The van der Waals surface area contributed by atoms with Crippen LogP contribution in [0.5, 0.6) is 5.75 Å².